The van der Waals surface area contributed by atoms with Crippen LogP contribution in [-0.2, 0) is 12.0 Å². The van der Waals surface area contributed by atoms with E-state index in [1.54, 1.807) is 12.3 Å². The van der Waals surface area contributed by atoms with Gasteiger partial charge in [0.05, 0.1) is 12.8 Å². The van der Waals surface area contributed by atoms with Crippen molar-refractivity contribution in [2.45, 2.75) is 32.7 Å². The van der Waals surface area contributed by atoms with Crippen LogP contribution in [-0.4, -0.2) is 9.97 Å². The Balaban J connectivity index is 2.15. The molecule has 18 heavy (non-hydrogen) atoms. The number of anilines is 1. The molecule has 0 aliphatic heterocycles. The summed E-state index contributed by atoms with van der Waals surface area (Å²) in [6, 6.07) is 5.46. The molecule has 0 spiro atoms. The Hall–Kier alpha value is -1.55. The summed E-state index contributed by atoms with van der Waals surface area (Å²) in [5, 5.41) is 3.61. The molecular formula is C13H16ClN3O. The molecule has 0 saturated heterocycles. The lowest BCUT2D eigenvalue weighted by Crippen LogP contribution is -2.17. The van der Waals surface area contributed by atoms with Gasteiger partial charge in [0.1, 0.15) is 22.6 Å². The molecule has 0 unspecified atom stereocenters. The molecule has 0 saturated carbocycles. The quantitative estimate of drug-likeness (QED) is 0.861. The molecule has 0 bridgehead atoms. The van der Waals surface area contributed by atoms with E-state index in [9.17, 15) is 0 Å². The van der Waals surface area contributed by atoms with Crippen LogP contribution < -0.4 is 5.32 Å². The zero-order chi connectivity index (χ0) is 13.2. The third kappa shape index (κ3) is 3.23. The van der Waals surface area contributed by atoms with E-state index < -0.39 is 0 Å². The number of nitrogens with one attached hydrogen (secondary N) is 1. The SMILES string of the molecule is CC(C)(C)c1nc(Cl)cc(NCc2ccco2)n1. The monoisotopic (exact) mass is 265 g/mol. The third-order valence-corrected chi connectivity index (χ3v) is 2.58. The molecular weight excluding hydrogens is 250 g/mol. The maximum absolute atomic E-state index is 6.00. The highest BCUT2D eigenvalue weighted by atomic mass is 35.5. The minimum Gasteiger partial charge on any atom is -0.467 e. The van der Waals surface area contributed by atoms with E-state index in [1.807, 2.05) is 12.1 Å². The van der Waals surface area contributed by atoms with Gasteiger partial charge in [-0.25, -0.2) is 9.97 Å². The number of halogens is 1. The second-order valence-electron chi connectivity index (χ2n) is 5.08. The average molecular weight is 266 g/mol. The lowest BCUT2D eigenvalue weighted by molar-refractivity contribution is 0.517. The van der Waals surface area contributed by atoms with E-state index in [2.05, 4.69) is 36.1 Å². The normalized spacial score (nSPS) is 11.6. The second-order valence-corrected chi connectivity index (χ2v) is 5.47. The second kappa shape index (κ2) is 4.98. The van der Waals surface area contributed by atoms with Crippen molar-refractivity contribution in [1.82, 2.24) is 9.97 Å². The van der Waals surface area contributed by atoms with Crippen LogP contribution in [0.25, 0.3) is 0 Å². The molecule has 0 fully saturated rings. The van der Waals surface area contributed by atoms with Crippen molar-refractivity contribution in [3.63, 3.8) is 0 Å². The molecule has 0 radical (unpaired) electrons. The summed E-state index contributed by atoms with van der Waals surface area (Å²) in [4.78, 5) is 8.70. The molecule has 96 valence electrons. The summed E-state index contributed by atoms with van der Waals surface area (Å²) in [7, 11) is 0. The van der Waals surface area contributed by atoms with Crippen molar-refractivity contribution < 1.29 is 4.42 Å². The molecule has 0 aliphatic carbocycles. The van der Waals surface area contributed by atoms with E-state index in [4.69, 9.17) is 16.0 Å². The van der Waals surface area contributed by atoms with Gasteiger partial charge in [0.2, 0.25) is 0 Å². The molecule has 5 heteroatoms. The molecule has 2 heterocycles. The predicted octanol–water partition coefficient (Wildman–Crippen LogP) is 3.63. The Morgan fingerprint density at radius 1 is 1.33 bits per heavy atom. The van der Waals surface area contributed by atoms with Crippen LogP contribution in [0.4, 0.5) is 5.82 Å². The van der Waals surface area contributed by atoms with Gasteiger partial charge in [0.15, 0.2) is 0 Å². The van der Waals surface area contributed by atoms with Crippen LogP contribution in [0.2, 0.25) is 5.15 Å². The first kappa shape index (κ1) is 12.9. The Labute approximate surface area is 111 Å². The van der Waals surface area contributed by atoms with Gasteiger partial charge in [-0.1, -0.05) is 32.4 Å². The predicted molar refractivity (Wildman–Crippen MR) is 71.8 cm³/mol. The minimum atomic E-state index is -0.133. The number of nitrogens with zero attached hydrogens (tertiary/aromatic N) is 2. The van der Waals surface area contributed by atoms with E-state index in [-0.39, 0.29) is 5.41 Å². The molecule has 2 aromatic heterocycles. The topological polar surface area (TPSA) is 51.0 Å². The zero-order valence-electron chi connectivity index (χ0n) is 10.7. The number of rotatable bonds is 3. The summed E-state index contributed by atoms with van der Waals surface area (Å²) >= 11 is 6.00. The summed E-state index contributed by atoms with van der Waals surface area (Å²) in [5.74, 6) is 2.27. The van der Waals surface area contributed by atoms with E-state index in [0.717, 1.165) is 11.6 Å². The molecule has 0 aliphatic rings. The Kier molecular flexibility index (Phi) is 3.57. The van der Waals surface area contributed by atoms with Crippen LogP contribution in [0.5, 0.6) is 0 Å². The highest BCUT2D eigenvalue weighted by molar-refractivity contribution is 6.29. The van der Waals surface area contributed by atoms with Gasteiger partial charge in [-0.3, -0.25) is 0 Å². The molecule has 2 aromatic rings. The lowest BCUT2D eigenvalue weighted by Gasteiger charge is -2.17. The molecule has 4 nitrogen and oxygen atoms in total. The number of hydrogen-bond acceptors (Lipinski definition) is 4. The molecule has 1 N–H and O–H groups in total. The van der Waals surface area contributed by atoms with Gasteiger partial charge in [0, 0.05) is 11.5 Å². The van der Waals surface area contributed by atoms with Gasteiger partial charge < -0.3 is 9.73 Å². The Bertz CT molecular complexity index is 518. The minimum absolute atomic E-state index is 0.133. The molecule has 0 amide bonds. The molecule has 0 aromatic carbocycles. The van der Waals surface area contributed by atoms with Gasteiger partial charge in [0.25, 0.3) is 0 Å². The van der Waals surface area contributed by atoms with Crippen LogP contribution in [0.1, 0.15) is 32.4 Å². The summed E-state index contributed by atoms with van der Waals surface area (Å²) in [5.41, 5.74) is -0.133. The maximum atomic E-state index is 6.00. The first-order valence-corrected chi connectivity index (χ1v) is 6.14. The fourth-order valence-electron chi connectivity index (χ4n) is 1.43. The fourth-order valence-corrected chi connectivity index (χ4v) is 1.62. The largest absolute Gasteiger partial charge is 0.467 e. The summed E-state index contributed by atoms with van der Waals surface area (Å²) in [6.45, 7) is 6.73. The molecule has 2 rings (SSSR count). The first-order valence-electron chi connectivity index (χ1n) is 5.76. The van der Waals surface area contributed by atoms with E-state index in [1.165, 1.54) is 0 Å². The Morgan fingerprint density at radius 3 is 2.72 bits per heavy atom. The van der Waals surface area contributed by atoms with E-state index >= 15 is 0 Å². The lowest BCUT2D eigenvalue weighted by atomic mass is 9.96. The number of aromatic nitrogens is 2. The van der Waals surface area contributed by atoms with Crippen molar-refractivity contribution >= 4 is 17.4 Å². The molecule has 0 atom stereocenters. The van der Waals surface area contributed by atoms with Gasteiger partial charge >= 0.3 is 0 Å². The maximum Gasteiger partial charge on any atom is 0.137 e. The zero-order valence-corrected chi connectivity index (χ0v) is 11.5. The van der Waals surface area contributed by atoms with E-state index in [0.29, 0.717) is 17.5 Å². The number of hydrogen-bond donors (Lipinski definition) is 1. The van der Waals surface area contributed by atoms with Crippen molar-refractivity contribution in [2.75, 3.05) is 5.32 Å². The summed E-state index contributed by atoms with van der Waals surface area (Å²) < 4.78 is 5.24. The van der Waals surface area contributed by atoms with Crippen LogP contribution in [0, 0.1) is 0 Å². The summed E-state index contributed by atoms with van der Waals surface area (Å²) in [6.07, 6.45) is 1.64. The van der Waals surface area contributed by atoms with Crippen molar-refractivity contribution in [3.8, 4) is 0 Å². The van der Waals surface area contributed by atoms with Crippen LogP contribution in [0.3, 0.4) is 0 Å². The van der Waals surface area contributed by atoms with Gasteiger partial charge in [-0.05, 0) is 12.1 Å². The standard InChI is InChI=1S/C13H16ClN3O/c1-13(2,3)12-16-10(14)7-11(17-12)15-8-9-5-4-6-18-9/h4-7H,8H2,1-3H3,(H,15,16,17). The van der Waals surface area contributed by atoms with Gasteiger partial charge in [-0.2, -0.15) is 0 Å². The first-order chi connectivity index (χ1) is 8.45. The van der Waals surface area contributed by atoms with Crippen LogP contribution >= 0.6 is 11.6 Å². The fraction of sp³-hybridized carbons (Fsp3) is 0.385. The average Bonchev–Trinajstić information content (AvgIpc) is 2.77. The van der Waals surface area contributed by atoms with Crippen molar-refractivity contribution in [2.24, 2.45) is 0 Å². The highest BCUT2D eigenvalue weighted by Gasteiger charge is 2.18. The highest BCUT2D eigenvalue weighted by Crippen LogP contribution is 2.22. The Morgan fingerprint density at radius 2 is 2.11 bits per heavy atom. The van der Waals surface area contributed by atoms with Crippen molar-refractivity contribution in [1.29, 1.82) is 0 Å². The van der Waals surface area contributed by atoms with Gasteiger partial charge in [-0.15, -0.1) is 0 Å². The smallest absolute Gasteiger partial charge is 0.137 e. The van der Waals surface area contributed by atoms with Crippen molar-refractivity contribution in [3.05, 3.63) is 41.2 Å². The van der Waals surface area contributed by atoms with Crippen LogP contribution in [0.15, 0.2) is 28.9 Å². The number of furan rings is 1. The third-order valence-electron chi connectivity index (χ3n) is 2.39.